The third-order valence-corrected chi connectivity index (χ3v) is 4.34. The lowest BCUT2D eigenvalue weighted by molar-refractivity contribution is 0.0995. The van der Waals surface area contributed by atoms with E-state index in [1.807, 2.05) is 0 Å². The molecule has 0 unspecified atom stereocenters. The van der Waals surface area contributed by atoms with Crippen molar-refractivity contribution >= 4 is 34.5 Å². The molecule has 0 saturated carbocycles. The average molecular weight is 252 g/mol. The molecule has 2 aromatic rings. The normalized spacial score (nSPS) is 10.2. The Morgan fingerprint density at radius 3 is 1.44 bits per heavy atom. The maximum atomic E-state index is 10.9. The lowest BCUT2D eigenvalue weighted by Gasteiger charge is -1.89. The molecule has 82 valence electrons. The molecule has 0 aliphatic rings. The van der Waals surface area contributed by atoms with E-state index in [1.165, 1.54) is 22.7 Å². The van der Waals surface area contributed by atoms with E-state index in [0.717, 1.165) is 9.75 Å². The summed E-state index contributed by atoms with van der Waals surface area (Å²) in [4.78, 5) is 24.7. The molecule has 0 fully saturated rings. The first-order valence-corrected chi connectivity index (χ1v) is 6.01. The molecular weight excluding hydrogens is 244 g/mol. The molecule has 2 amide bonds. The molecule has 2 heterocycles. The van der Waals surface area contributed by atoms with E-state index in [-0.39, 0.29) is 0 Å². The van der Waals surface area contributed by atoms with Crippen molar-refractivity contribution in [3.05, 3.63) is 34.0 Å². The summed E-state index contributed by atoms with van der Waals surface area (Å²) in [6.45, 7) is 0. The van der Waals surface area contributed by atoms with Crippen LogP contribution in [0, 0.1) is 0 Å². The Labute approximate surface area is 99.5 Å². The number of primary amides is 2. The largest absolute Gasteiger partial charge is 0.365 e. The van der Waals surface area contributed by atoms with Crippen LogP contribution >= 0.6 is 22.7 Å². The number of rotatable bonds is 3. The molecule has 0 atom stereocenters. The number of thiophene rings is 2. The zero-order valence-corrected chi connectivity index (χ0v) is 9.73. The number of amides is 2. The smallest absolute Gasteiger partial charge is 0.258 e. The molecule has 0 aliphatic heterocycles. The fourth-order valence-corrected chi connectivity index (χ4v) is 3.01. The van der Waals surface area contributed by atoms with Crippen molar-refractivity contribution in [3.63, 3.8) is 0 Å². The molecular formula is C10H8N2O2S2. The van der Waals surface area contributed by atoms with Gasteiger partial charge in [0.25, 0.3) is 11.8 Å². The molecule has 0 aliphatic carbocycles. The van der Waals surface area contributed by atoms with Crippen molar-refractivity contribution in [1.29, 1.82) is 0 Å². The summed E-state index contributed by atoms with van der Waals surface area (Å²) < 4.78 is 0. The monoisotopic (exact) mass is 252 g/mol. The van der Waals surface area contributed by atoms with Gasteiger partial charge in [0, 0.05) is 9.75 Å². The maximum Gasteiger partial charge on any atom is 0.258 e. The zero-order valence-electron chi connectivity index (χ0n) is 8.10. The van der Waals surface area contributed by atoms with Crippen LogP contribution in [0.5, 0.6) is 0 Å². The van der Waals surface area contributed by atoms with Crippen LogP contribution in [0.2, 0.25) is 0 Å². The number of hydrogen-bond acceptors (Lipinski definition) is 4. The fraction of sp³-hybridized carbons (Fsp3) is 0. The standard InChI is InChI=1S/C10H8N2O2S2/c11-9(13)7-3-1-5(15-7)6-2-4-8(16-6)10(12)14/h1-4H,(H2,11,13)(H2,12,14). The average Bonchev–Trinajstić information content (AvgIpc) is 2.86. The second-order valence-corrected chi connectivity index (χ2v) is 5.22. The molecule has 0 bridgehead atoms. The highest BCUT2D eigenvalue weighted by atomic mass is 32.1. The lowest BCUT2D eigenvalue weighted by atomic mass is 10.3. The predicted molar refractivity (Wildman–Crippen MR) is 64.7 cm³/mol. The van der Waals surface area contributed by atoms with Gasteiger partial charge in [-0.25, -0.2) is 0 Å². The number of carbonyl (C=O) groups excluding carboxylic acids is 2. The van der Waals surface area contributed by atoms with E-state index in [0.29, 0.717) is 9.75 Å². The van der Waals surface area contributed by atoms with Gasteiger partial charge in [-0.3, -0.25) is 9.59 Å². The third kappa shape index (κ3) is 1.98. The second kappa shape index (κ2) is 4.07. The third-order valence-electron chi connectivity index (χ3n) is 1.94. The first-order chi connectivity index (χ1) is 7.58. The highest BCUT2D eigenvalue weighted by Gasteiger charge is 2.10. The molecule has 4 nitrogen and oxygen atoms in total. The SMILES string of the molecule is NC(=O)c1ccc(-c2ccc(C(N)=O)s2)s1. The first-order valence-electron chi connectivity index (χ1n) is 4.37. The molecule has 2 rings (SSSR count). The zero-order chi connectivity index (χ0) is 11.7. The van der Waals surface area contributed by atoms with E-state index in [9.17, 15) is 9.59 Å². The van der Waals surface area contributed by atoms with Gasteiger partial charge in [0.15, 0.2) is 0 Å². The molecule has 16 heavy (non-hydrogen) atoms. The highest BCUT2D eigenvalue weighted by molar-refractivity contribution is 7.23. The Morgan fingerprint density at radius 1 is 0.812 bits per heavy atom. The minimum Gasteiger partial charge on any atom is -0.365 e. The highest BCUT2D eigenvalue weighted by Crippen LogP contribution is 2.33. The van der Waals surface area contributed by atoms with Crippen LogP contribution in [0.25, 0.3) is 9.75 Å². The van der Waals surface area contributed by atoms with Gasteiger partial charge in [0.1, 0.15) is 0 Å². The van der Waals surface area contributed by atoms with Gasteiger partial charge in [-0.2, -0.15) is 0 Å². The Morgan fingerprint density at radius 2 is 1.19 bits per heavy atom. The minimum absolute atomic E-state index is 0.442. The van der Waals surface area contributed by atoms with E-state index < -0.39 is 11.8 Å². The molecule has 2 aromatic heterocycles. The summed E-state index contributed by atoms with van der Waals surface area (Å²) in [6.07, 6.45) is 0. The molecule has 0 aromatic carbocycles. The van der Waals surface area contributed by atoms with Gasteiger partial charge in [-0.05, 0) is 24.3 Å². The van der Waals surface area contributed by atoms with Gasteiger partial charge in [-0.15, -0.1) is 22.7 Å². The first kappa shape index (κ1) is 10.8. The van der Waals surface area contributed by atoms with E-state index in [2.05, 4.69) is 0 Å². The molecule has 0 spiro atoms. The van der Waals surface area contributed by atoms with Crippen molar-refractivity contribution in [2.45, 2.75) is 0 Å². The molecule has 4 N–H and O–H groups in total. The van der Waals surface area contributed by atoms with Gasteiger partial charge in [0.2, 0.25) is 0 Å². The topological polar surface area (TPSA) is 86.2 Å². The van der Waals surface area contributed by atoms with Crippen molar-refractivity contribution in [2.24, 2.45) is 11.5 Å². The van der Waals surface area contributed by atoms with Gasteiger partial charge < -0.3 is 11.5 Å². The summed E-state index contributed by atoms with van der Waals surface area (Å²) in [7, 11) is 0. The fourth-order valence-electron chi connectivity index (χ4n) is 1.21. The van der Waals surface area contributed by atoms with Crippen molar-refractivity contribution in [2.75, 3.05) is 0 Å². The van der Waals surface area contributed by atoms with Gasteiger partial charge >= 0.3 is 0 Å². The van der Waals surface area contributed by atoms with Crippen LogP contribution < -0.4 is 11.5 Å². The summed E-state index contributed by atoms with van der Waals surface area (Å²) in [5, 5.41) is 0. The second-order valence-electron chi connectivity index (χ2n) is 3.06. The Hall–Kier alpha value is -1.66. The number of hydrogen-bond donors (Lipinski definition) is 2. The van der Waals surface area contributed by atoms with E-state index in [1.54, 1.807) is 24.3 Å². The Bertz CT molecular complexity index is 506. The van der Waals surface area contributed by atoms with Crippen LogP contribution in [0.15, 0.2) is 24.3 Å². The Kier molecular flexibility index (Phi) is 2.76. The van der Waals surface area contributed by atoms with Crippen molar-refractivity contribution in [3.8, 4) is 9.75 Å². The quantitative estimate of drug-likeness (QED) is 0.870. The lowest BCUT2D eigenvalue weighted by Crippen LogP contribution is -2.08. The van der Waals surface area contributed by atoms with Crippen molar-refractivity contribution < 1.29 is 9.59 Å². The maximum absolute atomic E-state index is 10.9. The van der Waals surface area contributed by atoms with Crippen LogP contribution in [-0.4, -0.2) is 11.8 Å². The molecule has 0 radical (unpaired) electrons. The van der Waals surface area contributed by atoms with Crippen molar-refractivity contribution in [1.82, 2.24) is 0 Å². The predicted octanol–water partition coefficient (Wildman–Crippen LogP) is 1.67. The van der Waals surface area contributed by atoms with Gasteiger partial charge in [0.05, 0.1) is 9.75 Å². The summed E-state index contributed by atoms with van der Waals surface area (Å²) in [6, 6.07) is 6.96. The van der Waals surface area contributed by atoms with Crippen LogP contribution in [0.4, 0.5) is 0 Å². The van der Waals surface area contributed by atoms with E-state index >= 15 is 0 Å². The summed E-state index contributed by atoms with van der Waals surface area (Å²) in [5.74, 6) is -0.883. The number of carbonyl (C=O) groups is 2. The van der Waals surface area contributed by atoms with Crippen LogP contribution in [0.1, 0.15) is 19.3 Å². The summed E-state index contributed by atoms with van der Waals surface area (Å²) >= 11 is 2.61. The van der Waals surface area contributed by atoms with Gasteiger partial charge in [-0.1, -0.05) is 0 Å². The van der Waals surface area contributed by atoms with E-state index in [4.69, 9.17) is 11.5 Å². The van der Waals surface area contributed by atoms with Crippen LogP contribution in [-0.2, 0) is 0 Å². The minimum atomic E-state index is -0.442. The molecule has 0 saturated heterocycles. The summed E-state index contributed by atoms with van der Waals surface area (Å²) in [5.41, 5.74) is 10.3. The number of nitrogens with two attached hydrogens (primary N) is 2. The van der Waals surface area contributed by atoms with Crippen LogP contribution in [0.3, 0.4) is 0 Å². The molecule has 6 heteroatoms. The Balaban J connectivity index is 2.35.